The van der Waals surface area contributed by atoms with Gasteiger partial charge in [-0.15, -0.1) is 6.58 Å². The minimum atomic E-state index is -4.43. The van der Waals surface area contributed by atoms with Crippen molar-refractivity contribution in [2.24, 2.45) is 5.92 Å². The SMILES string of the molecule is C=C[C@@H]1C[C@@]12NC(=O)[C@@H]1C[C@@H](OC(=O)N3Cc4cccc(F)c4C3)CN1C(=O)[C@@H](NC(=O)OCC1CCCO1)CCCCCCCNc1ccccc1S(=O)(=O)NC2=O. The first kappa shape index (κ1) is 41.9. The van der Waals surface area contributed by atoms with E-state index in [4.69, 9.17) is 14.2 Å². The van der Waals surface area contributed by atoms with Crippen LogP contribution < -0.4 is 20.7 Å². The van der Waals surface area contributed by atoms with Gasteiger partial charge in [-0.1, -0.05) is 56.0 Å². The number of nitrogens with zero attached hydrogens (tertiary/aromatic N) is 2. The summed E-state index contributed by atoms with van der Waals surface area (Å²) in [7, 11) is -4.43. The predicted octanol–water partition coefficient (Wildman–Crippen LogP) is 3.85. The summed E-state index contributed by atoms with van der Waals surface area (Å²) in [5, 5.41) is 8.59. The van der Waals surface area contributed by atoms with Crippen molar-refractivity contribution >= 4 is 45.6 Å². The van der Waals surface area contributed by atoms with Gasteiger partial charge in [-0.05, 0) is 55.9 Å². The normalized spacial score (nSPS) is 28.6. The van der Waals surface area contributed by atoms with E-state index < -0.39 is 75.4 Å². The van der Waals surface area contributed by atoms with Gasteiger partial charge in [0.1, 0.15) is 41.0 Å². The molecule has 318 valence electrons. The molecule has 59 heavy (non-hydrogen) atoms. The predicted molar refractivity (Wildman–Crippen MR) is 210 cm³/mol. The molecule has 6 atom stereocenters. The van der Waals surface area contributed by atoms with Gasteiger partial charge in [-0.3, -0.25) is 19.3 Å². The topological polar surface area (TPSA) is 202 Å². The molecule has 5 amide bonds. The number of carbonyl (C=O) groups excluding carboxylic acids is 5. The lowest BCUT2D eigenvalue weighted by Crippen LogP contribution is -2.58. The Bertz CT molecular complexity index is 2060. The number of sulfonamides is 1. The highest BCUT2D eigenvalue weighted by Crippen LogP contribution is 2.45. The summed E-state index contributed by atoms with van der Waals surface area (Å²) in [5.74, 6) is -3.48. The lowest BCUT2D eigenvalue weighted by molar-refractivity contribution is -0.141. The number of nitrogens with one attached hydrogen (secondary N) is 4. The summed E-state index contributed by atoms with van der Waals surface area (Å²) < 4.78 is 60.9. The zero-order valence-electron chi connectivity index (χ0n) is 32.8. The first-order chi connectivity index (χ1) is 28.4. The van der Waals surface area contributed by atoms with Crippen LogP contribution in [0.3, 0.4) is 0 Å². The molecule has 16 nitrogen and oxygen atoms in total. The lowest BCUT2D eigenvalue weighted by atomic mass is 10.0. The van der Waals surface area contributed by atoms with Crippen LogP contribution in [-0.2, 0) is 51.7 Å². The fourth-order valence-corrected chi connectivity index (χ4v) is 9.59. The van der Waals surface area contributed by atoms with Gasteiger partial charge in [-0.2, -0.15) is 0 Å². The number of hydrogen-bond donors (Lipinski definition) is 4. The number of benzene rings is 2. The number of anilines is 1. The van der Waals surface area contributed by atoms with Crippen LogP contribution in [0, 0.1) is 11.7 Å². The highest BCUT2D eigenvalue weighted by molar-refractivity contribution is 7.90. The molecule has 18 heteroatoms. The maximum Gasteiger partial charge on any atom is 0.410 e. The van der Waals surface area contributed by atoms with E-state index in [2.05, 4.69) is 27.3 Å². The van der Waals surface area contributed by atoms with Gasteiger partial charge in [0.05, 0.1) is 24.9 Å². The van der Waals surface area contributed by atoms with E-state index >= 15 is 0 Å². The van der Waals surface area contributed by atoms with E-state index in [0.29, 0.717) is 49.2 Å². The highest BCUT2D eigenvalue weighted by atomic mass is 32.2. The fourth-order valence-electron chi connectivity index (χ4n) is 8.37. The number of para-hydroxylation sites is 1. The molecule has 7 rings (SSSR count). The van der Waals surface area contributed by atoms with E-state index in [1.807, 2.05) is 0 Å². The number of carbonyl (C=O) groups is 5. The molecule has 2 saturated heterocycles. The molecule has 4 heterocycles. The number of halogens is 1. The molecule has 2 aromatic carbocycles. The van der Waals surface area contributed by atoms with Crippen LogP contribution in [0.2, 0.25) is 0 Å². The Labute approximate surface area is 342 Å². The molecule has 2 aromatic rings. The minimum Gasteiger partial charge on any atom is -0.447 e. The quantitative estimate of drug-likeness (QED) is 0.319. The lowest BCUT2D eigenvalue weighted by Gasteiger charge is -2.30. The summed E-state index contributed by atoms with van der Waals surface area (Å²) in [4.78, 5) is 71.9. The third kappa shape index (κ3) is 9.48. The molecule has 0 radical (unpaired) electrons. The van der Waals surface area contributed by atoms with Gasteiger partial charge in [0.2, 0.25) is 11.8 Å². The van der Waals surface area contributed by atoms with Gasteiger partial charge in [0.15, 0.2) is 0 Å². The summed E-state index contributed by atoms with van der Waals surface area (Å²) in [5.41, 5.74) is -0.386. The average molecular weight is 839 g/mol. The molecule has 5 aliphatic rings. The minimum absolute atomic E-state index is 0.00658. The van der Waals surface area contributed by atoms with Crippen LogP contribution in [0.4, 0.5) is 19.7 Å². The van der Waals surface area contributed by atoms with Gasteiger partial charge in [0.25, 0.3) is 15.9 Å². The van der Waals surface area contributed by atoms with E-state index in [1.165, 1.54) is 28.0 Å². The maximum atomic E-state index is 14.6. The van der Waals surface area contributed by atoms with Crippen LogP contribution in [0.25, 0.3) is 0 Å². The van der Waals surface area contributed by atoms with Crippen molar-refractivity contribution < 1.29 is 51.0 Å². The monoisotopic (exact) mass is 838 g/mol. The average Bonchev–Trinajstić information content (AvgIpc) is 3.63. The number of alkyl carbamates (subject to hydrolysis) is 1. The van der Waals surface area contributed by atoms with Crippen LogP contribution >= 0.6 is 0 Å². The van der Waals surface area contributed by atoms with E-state index in [9.17, 15) is 36.8 Å². The van der Waals surface area contributed by atoms with Gasteiger partial charge in [0, 0.05) is 37.6 Å². The molecule has 1 aliphatic carbocycles. The number of hydrogen-bond acceptors (Lipinski definition) is 11. The van der Waals surface area contributed by atoms with Crippen molar-refractivity contribution in [3.8, 4) is 0 Å². The number of ether oxygens (including phenoxy) is 3. The van der Waals surface area contributed by atoms with Crippen LogP contribution in [0.5, 0.6) is 0 Å². The molecule has 3 fully saturated rings. The zero-order valence-corrected chi connectivity index (χ0v) is 33.6. The number of amides is 5. The Morgan fingerprint density at radius 3 is 2.58 bits per heavy atom. The summed E-state index contributed by atoms with van der Waals surface area (Å²) in [6.45, 7) is 4.66. The molecule has 1 unspecified atom stereocenters. The molecule has 4 N–H and O–H groups in total. The van der Waals surface area contributed by atoms with Gasteiger partial charge in [-0.25, -0.2) is 27.1 Å². The van der Waals surface area contributed by atoms with Gasteiger partial charge < -0.3 is 35.1 Å². The second-order valence-electron chi connectivity index (χ2n) is 15.8. The Balaban J connectivity index is 1.15. The molecular formula is C41H51FN6O10S. The van der Waals surface area contributed by atoms with Crippen molar-refractivity contribution in [1.82, 2.24) is 25.2 Å². The second kappa shape index (κ2) is 17.9. The van der Waals surface area contributed by atoms with Crippen LogP contribution in [0.15, 0.2) is 60.0 Å². The zero-order chi connectivity index (χ0) is 41.7. The van der Waals surface area contributed by atoms with E-state index in [1.54, 1.807) is 30.3 Å². The third-order valence-corrected chi connectivity index (χ3v) is 13.1. The Kier molecular flexibility index (Phi) is 12.7. The van der Waals surface area contributed by atoms with E-state index in [-0.39, 0.29) is 56.5 Å². The molecule has 0 bridgehead atoms. The first-order valence-electron chi connectivity index (χ1n) is 20.3. The van der Waals surface area contributed by atoms with Gasteiger partial charge >= 0.3 is 12.2 Å². The van der Waals surface area contributed by atoms with Crippen molar-refractivity contribution in [2.75, 3.05) is 31.6 Å². The molecular weight excluding hydrogens is 788 g/mol. The standard InChI is InChI=1S/C41H51FN6O10S/c1-2-27-21-41(27)38(51)46-59(54,55)35-17-8-7-15-32(35)43-18-9-5-3-4-6-16-33(44-39(52)57-25-28-13-11-19-56-28)37(50)48-23-29(20-34(48)36(49)45-41)58-40(53)47-22-26-12-10-14-31(42)30(26)24-47/h2,7-8,10,12,14-15,17,27-29,33-34,43H,1,3-6,9,11,13,16,18-25H2,(H,44,52)(H,45,49)(H,46,51)/t27-,28?,29-,33+,34+,41-/m1/s1. The molecule has 0 aromatic heterocycles. The maximum absolute atomic E-state index is 14.6. The summed E-state index contributed by atoms with van der Waals surface area (Å²) in [6, 6.07) is 8.39. The van der Waals surface area contributed by atoms with Crippen LogP contribution in [0.1, 0.15) is 75.3 Å². The van der Waals surface area contributed by atoms with Crippen molar-refractivity contribution in [1.29, 1.82) is 0 Å². The largest absolute Gasteiger partial charge is 0.447 e. The molecule has 1 saturated carbocycles. The Hall–Kier alpha value is -5.23. The summed E-state index contributed by atoms with van der Waals surface area (Å²) in [6.07, 6.45) is 3.78. The van der Waals surface area contributed by atoms with E-state index in [0.717, 1.165) is 25.7 Å². The van der Waals surface area contributed by atoms with Crippen molar-refractivity contribution in [3.05, 3.63) is 72.1 Å². The van der Waals surface area contributed by atoms with Crippen LogP contribution in [-0.4, -0.2) is 104 Å². The highest BCUT2D eigenvalue weighted by Gasteiger charge is 2.61. The Morgan fingerprint density at radius 1 is 1.02 bits per heavy atom. The first-order valence-corrected chi connectivity index (χ1v) is 21.8. The Morgan fingerprint density at radius 2 is 1.81 bits per heavy atom. The fraction of sp³-hybridized carbons (Fsp3) is 0.537. The molecule has 1 spiro atoms. The second-order valence-corrected chi connectivity index (χ2v) is 17.5. The number of rotatable bonds is 5. The smallest absolute Gasteiger partial charge is 0.410 e. The summed E-state index contributed by atoms with van der Waals surface area (Å²) >= 11 is 0. The molecule has 4 aliphatic heterocycles. The van der Waals surface area contributed by atoms with Crippen molar-refractivity contribution in [3.63, 3.8) is 0 Å². The number of fused-ring (bicyclic) bond motifs is 3. The van der Waals surface area contributed by atoms with Crippen molar-refractivity contribution in [2.45, 2.75) is 112 Å². The third-order valence-electron chi connectivity index (χ3n) is 11.8.